The summed E-state index contributed by atoms with van der Waals surface area (Å²) in [5.74, 6) is -0.780. The first-order chi connectivity index (χ1) is 19.5. The van der Waals surface area contributed by atoms with Crippen LogP contribution in [-0.4, -0.2) is 42.8 Å². The molecule has 11 nitrogen and oxygen atoms in total. The summed E-state index contributed by atoms with van der Waals surface area (Å²) in [5.41, 5.74) is 5.05. The van der Waals surface area contributed by atoms with E-state index in [2.05, 4.69) is 37.3 Å². The van der Waals surface area contributed by atoms with Crippen molar-refractivity contribution < 1.29 is 19.8 Å². The van der Waals surface area contributed by atoms with Gasteiger partial charge >= 0.3 is 6.03 Å². The molecule has 0 fully saturated rings. The number of carbonyl (C=O) groups is 2. The van der Waals surface area contributed by atoms with E-state index in [0.717, 1.165) is 24.0 Å². The predicted octanol–water partition coefficient (Wildman–Crippen LogP) is 4.74. The average molecular weight is 540 g/mol. The Morgan fingerprint density at radius 3 is 2.38 bits per heavy atom. The number of aromatic amines is 1. The lowest BCUT2D eigenvalue weighted by Gasteiger charge is -2.24. The van der Waals surface area contributed by atoms with Crippen LogP contribution in [0, 0.1) is 0 Å². The number of rotatable bonds is 8. The zero-order valence-electron chi connectivity index (χ0n) is 21.7. The van der Waals surface area contributed by atoms with Gasteiger partial charge in [-0.05, 0) is 89.6 Å². The molecule has 1 heterocycles. The van der Waals surface area contributed by atoms with Crippen molar-refractivity contribution in [3.05, 3.63) is 95.1 Å². The van der Waals surface area contributed by atoms with Crippen molar-refractivity contribution in [2.45, 2.75) is 38.8 Å². The van der Waals surface area contributed by atoms with E-state index in [9.17, 15) is 19.8 Å². The van der Waals surface area contributed by atoms with Gasteiger partial charge in [-0.2, -0.15) is 5.21 Å². The number of tetrazole rings is 1. The molecule has 0 spiro atoms. The number of nitrogens with zero attached hydrogens (tertiary/aromatic N) is 4. The summed E-state index contributed by atoms with van der Waals surface area (Å²) in [6, 6.07) is 18.9. The minimum absolute atomic E-state index is 0.0753. The molecule has 0 bridgehead atoms. The topological polar surface area (TPSA) is 156 Å². The minimum Gasteiger partial charge on any atom is -0.504 e. The van der Waals surface area contributed by atoms with Crippen molar-refractivity contribution in [1.82, 2.24) is 25.9 Å². The number of aromatic hydroxyl groups is 2. The van der Waals surface area contributed by atoms with E-state index in [4.69, 9.17) is 0 Å². The number of allylic oxidation sites excluding steroid dienone is 2. The van der Waals surface area contributed by atoms with Gasteiger partial charge in [0.1, 0.15) is 0 Å². The number of H-pyrrole nitrogens is 1. The van der Waals surface area contributed by atoms with Crippen molar-refractivity contribution in [3.8, 4) is 11.5 Å². The number of phenolic OH excluding ortho intramolecular Hbond substituents is 2. The molecule has 0 saturated heterocycles. The Hall–Kier alpha value is -5.19. The lowest BCUT2D eigenvalue weighted by atomic mass is 9.93. The number of hydrogen-bond donors (Lipinski definition) is 5. The fraction of sp³-hybridized carbons (Fsp3) is 0.207. The van der Waals surface area contributed by atoms with Crippen LogP contribution < -0.4 is 15.5 Å². The molecule has 11 heteroatoms. The van der Waals surface area contributed by atoms with Crippen LogP contribution in [0.3, 0.4) is 0 Å². The number of nitrogens with one attached hydrogen (secondary N) is 3. The highest BCUT2D eigenvalue weighted by Crippen LogP contribution is 2.29. The average Bonchev–Trinajstić information content (AvgIpc) is 3.50. The number of urea groups is 1. The third kappa shape index (κ3) is 6.44. The van der Waals surface area contributed by atoms with Gasteiger partial charge in [-0.1, -0.05) is 41.5 Å². The largest absolute Gasteiger partial charge is 0.504 e. The maximum absolute atomic E-state index is 13.4. The van der Waals surface area contributed by atoms with E-state index in [1.807, 2.05) is 24.3 Å². The van der Waals surface area contributed by atoms with E-state index in [1.54, 1.807) is 35.2 Å². The highest BCUT2D eigenvalue weighted by atomic mass is 16.3. The first-order valence-electron chi connectivity index (χ1n) is 13.0. The second-order valence-corrected chi connectivity index (χ2v) is 9.48. The van der Waals surface area contributed by atoms with Crippen LogP contribution in [0.1, 0.15) is 52.7 Å². The molecule has 1 aromatic heterocycles. The number of phenols is 2. The summed E-state index contributed by atoms with van der Waals surface area (Å²) >= 11 is 0. The molecule has 5 N–H and O–H groups in total. The fourth-order valence-electron chi connectivity index (χ4n) is 4.52. The Balaban J connectivity index is 1.33. The Morgan fingerprint density at radius 2 is 1.70 bits per heavy atom. The normalized spacial score (nSPS) is 12.8. The van der Waals surface area contributed by atoms with Crippen molar-refractivity contribution in [1.29, 1.82) is 0 Å². The molecule has 0 radical (unpaired) electrons. The third-order valence-corrected chi connectivity index (χ3v) is 6.70. The molecule has 1 aliphatic rings. The molecule has 0 atom stereocenters. The molecular weight excluding hydrogens is 510 g/mol. The number of amides is 3. The Labute approximate surface area is 230 Å². The highest BCUT2D eigenvalue weighted by Gasteiger charge is 2.18. The van der Waals surface area contributed by atoms with Crippen LogP contribution in [0.5, 0.6) is 11.5 Å². The molecule has 3 amide bonds. The summed E-state index contributed by atoms with van der Waals surface area (Å²) in [4.78, 5) is 27.5. The zero-order valence-corrected chi connectivity index (χ0v) is 21.7. The van der Waals surface area contributed by atoms with Crippen molar-refractivity contribution in [3.63, 3.8) is 0 Å². The van der Waals surface area contributed by atoms with Crippen molar-refractivity contribution >= 4 is 29.1 Å². The Morgan fingerprint density at radius 1 is 0.925 bits per heavy atom. The molecule has 0 unspecified atom stereocenters. The second kappa shape index (κ2) is 12.1. The van der Waals surface area contributed by atoms with E-state index in [1.165, 1.54) is 30.5 Å². The van der Waals surface area contributed by atoms with Gasteiger partial charge in [-0.3, -0.25) is 15.0 Å². The molecule has 1 aliphatic carbocycles. The summed E-state index contributed by atoms with van der Waals surface area (Å²) in [5, 5.41) is 37.9. The van der Waals surface area contributed by atoms with Gasteiger partial charge in [0.2, 0.25) is 0 Å². The molecule has 4 aromatic rings. The first kappa shape index (κ1) is 26.4. The van der Waals surface area contributed by atoms with Gasteiger partial charge in [0, 0.05) is 17.8 Å². The van der Waals surface area contributed by atoms with Gasteiger partial charge in [0.15, 0.2) is 11.5 Å². The van der Waals surface area contributed by atoms with E-state index in [0.29, 0.717) is 16.8 Å². The van der Waals surface area contributed by atoms with Crippen LogP contribution in [0.15, 0.2) is 72.8 Å². The molecule has 3 aromatic carbocycles. The van der Waals surface area contributed by atoms with Gasteiger partial charge in [0.25, 0.3) is 11.9 Å². The van der Waals surface area contributed by atoms with Crippen molar-refractivity contribution in [2.75, 3.05) is 10.2 Å². The summed E-state index contributed by atoms with van der Waals surface area (Å²) in [6.07, 6.45) is 6.81. The van der Waals surface area contributed by atoms with Crippen LogP contribution in [0.25, 0.3) is 5.57 Å². The zero-order chi connectivity index (χ0) is 27.9. The summed E-state index contributed by atoms with van der Waals surface area (Å²) in [7, 11) is 0. The SMILES string of the molecule is O=C(Nc1nn[nH]n1)c1ccc(CN(C(=O)NCc2ccc(O)c(O)c2)c2ccc(C3=CCCCC3)cc2)cc1. The molecule has 5 rings (SSSR count). The number of carbonyl (C=O) groups excluding carboxylic acids is 2. The second-order valence-electron chi connectivity index (χ2n) is 9.48. The standard InChI is InChI=1S/C29H29N7O4/c37-25-15-8-20(16-26(25)38)17-30-29(40)36(24-13-11-22(12-14-24)21-4-2-1-3-5-21)18-19-6-9-23(10-7-19)27(39)31-28-32-34-35-33-28/h4,6-16,37-38H,1-3,5,17-18H2,(H,30,40)(H2,31,32,33,34,35,39). The number of hydrogen-bond acceptors (Lipinski definition) is 7. The first-order valence-corrected chi connectivity index (χ1v) is 13.0. The van der Waals surface area contributed by atoms with Gasteiger partial charge in [-0.25, -0.2) is 4.79 Å². The lowest BCUT2D eigenvalue weighted by Crippen LogP contribution is -2.39. The highest BCUT2D eigenvalue weighted by molar-refractivity contribution is 6.03. The van der Waals surface area contributed by atoms with Gasteiger partial charge in [0.05, 0.1) is 6.54 Å². The monoisotopic (exact) mass is 539 g/mol. The van der Waals surface area contributed by atoms with Crippen LogP contribution >= 0.6 is 0 Å². The fourth-order valence-corrected chi connectivity index (χ4v) is 4.52. The maximum Gasteiger partial charge on any atom is 0.322 e. The molecular formula is C29H29N7O4. The van der Waals surface area contributed by atoms with Gasteiger partial charge in [-0.15, -0.1) is 5.10 Å². The summed E-state index contributed by atoms with van der Waals surface area (Å²) < 4.78 is 0. The molecule has 0 saturated carbocycles. The molecule has 40 heavy (non-hydrogen) atoms. The number of aromatic nitrogens is 4. The van der Waals surface area contributed by atoms with Crippen LogP contribution in [0.4, 0.5) is 16.4 Å². The quantitative estimate of drug-likeness (QED) is 0.203. The Bertz CT molecular complexity index is 1500. The molecule has 0 aliphatic heterocycles. The van der Waals surface area contributed by atoms with E-state index in [-0.39, 0.29) is 42.5 Å². The van der Waals surface area contributed by atoms with Crippen LogP contribution in [0.2, 0.25) is 0 Å². The minimum atomic E-state index is -0.382. The summed E-state index contributed by atoms with van der Waals surface area (Å²) in [6.45, 7) is 0.408. The lowest BCUT2D eigenvalue weighted by molar-refractivity contribution is 0.102. The molecule has 204 valence electrons. The Kier molecular flexibility index (Phi) is 8.00. The third-order valence-electron chi connectivity index (χ3n) is 6.70. The van der Waals surface area contributed by atoms with Crippen molar-refractivity contribution in [2.24, 2.45) is 0 Å². The van der Waals surface area contributed by atoms with E-state index < -0.39 is 0 Å². The maximum atomic E-state index is 13.4. The van der Waals surface area contributed by atoms with E-state index >= 15 is 0 Å². The smallest absolute Gasteiger partial charge is 0.322 e. The predicted molar refractivity (Wildman–Crippen MR) is 150 cm³/mol. The number of anilines is 2. The number of benzene rings is 3. The van der Waals surface area contributed by atoms with Crippen LogP contribution in [-0.2, 0) is 13.1 Å². The van der Waals surface area contributed by atoms with Gasteiger partial charge < -0.3 is 15.5 Å².